The molecule has 3 heterocycles. The largest absolute Gasteiger partial charge is 0.495 e. The Balaban J connectivity index is 1.49. The molecular formula is C24H27N5O4. The normalized spacial score (nSPS) is 14.1. The van der Waals surface area contributed by atoms with Crippen molar-refractivity contribution in [2.45, 2.75) is 25.7 Å². The van der Waals surface area contributed by atoms with Gasteiger partial charge in [-0.2, -0.15) is 0 Å². The first-order valence-corrected chi connectivity index (χ1v) is 10.7. The third-order valence-electron chi connectivity index (χ3n) is 5.80. The van der Waals surface area contributed by atoms with E-state index in [0.29, 0.717) is 53.2 Å². The van der Waals surface area contributed by atoms with Crippen molar-refractivity contribution in [1.29, 1.82) is 0 Å². The fourth-order valence-electron chi connectivity index (χ4n) is 4.08. The molecule has 33 heavy (non-hydrogen) atoms. The summed E-state index contributed by atoms with van der Waals surface area (Å²) in [5.41, 5.74) is 7.49. The van der Waals surface area contributed by atoms with Crippen molar-refractivity contribution in [2.24, 2.45) is 0 Å². The second kappa shape index (κ2) is 9.72. The maximum Gasteiger partial charge on any atom is 0.272 e. The molecule has 0 saturated carbocycles. The van der Waals surface area contributed by atoms with Gasteiger partial charge < -0.3 is 24.8 Å². The third kappa shape index (κ3) is 4.67. The van der Waals surface area contributed by atoms with Gasteiger partial charge in [0, 0.05) is 30.6 Å². The van der Waals surface area contributed by atoms with E-state index in [1.165, 1.54) is 6.20 Å². The van der Waals surface area contributed by atoms with E-state index in [2.05, 4.69) is 15.2 Å². The minimum Gasteiger partial charge on any atom is -0.495 e. The monoisotopic (exact) mass is 449 g/mol. The Labute approximate surface area is 192 Å². The number of carbonyl (C=O) groups is 1. The van der Waals surface area contributed by atoms with Crippen LogP contribution >= 0.6 is 0 Å². The van der Waals surface area contributed by atoms with Crippen LogP contribution in [0, 0.1) is 6.92 Å². The van der Waals surface area contributed by atoms with Gasteiger partial charge >= 0.3 is 0 Å². The van der Waals surface area contributed by atoms with E-state index in [0.717, 1.165) is 18.5 Å². The van der Waals surface area contributed by atoms with E-state index in [1.54, 1.807) is 25.2 Å². The molecule has 9 nitrogen and oxygen atoms in total. The molecule has 9 heteroatoms. The van der Waals surface area contributed by atoms with Crippen LogP contribution in [0.4, 0.5) is 5.82 Å². The van der Waals surface area contributed by atoms with Crippen LogP contribution in [0.2, 0.25) is 0 Å². The topological polar surface area (TPSA) is 113 Å². The van der Waals surface area contributed by atoms with Crippen molar-refractivity contribution in [2.75, 3.05) is 33.0 Å². The van der Waals surface area contributed by atoms with E-state index in [-0.39, 0.29) is 11.8 Å². The van der Waals surface area contributed by atoms with Crippen molar-refractivity contribution in [1.82, 2.24) is 20.1 Å². The van der Waals surface area contributed by atoms with Gasteiger partial charge in [-0.3, -0.25) is 4.79 Å². The van der Waals surface area contributed by atoms with E-state index < -0.39 is 0 Å². The van der Waals surface area contributed by atoms with Gasteiger partial charge in [-0.25, -0.2) is 4.98 Å². The molecule has 0 radical (unpaired) electrons. The second-order valence-electron chi connectivity index (χ2n) is 7.83. The molecule has 1 fully saturated rings. The number of benzene rings is 1. The fraction of sp³-hybridized carbons (Fsp3) is 0.333. The van der Waals surface area contributed by atoms with Crippen LogP contribution in [-0.4, -0.2) is 53.3 Å². The Hall–Kier alpha value is -3.88. The summed E-state index contributed by atoms with van der Waals surface area (Å²) in [6, 6.07) is 11.0. The van der Waals surface area contributed by atoms with Crippen LogP contribution < -0.4 is 19.9 Å². The predicted octanol–water partition coefficient (Wildman–Crippen LogP) is 3.59. The number of piperidine rings is 1. The molecule has 3 aromatic rings. The molecule has 4 rings (SSSR count). The number of para-hydroxylation sites is 1. The first kappa shape index (κ1) is 22.3. The number of anilines is 1. The number of amides is 1. The van der Waals surface area contributed by atoms with Crippen LogP contribution in [0.1, 0.15) is 40.5 Å². The third-order valence-corrected chi connectivity index (χ3v) is 5.80. The second-order valence-corrected chi connectivity index (χ2v) is 7.83. The van der Waals surface area contributed by atoms with Crippen molar-refractivity contribution in [3.63, 3.8) is 0 Å². The number of hydrogen-bond donors (Lipinski definition) is 1. The van der Waals surface area contributed by atoms with Gasteiger partial charge in [0.2, 0.25) is 0 Å². The molecule has 0 bridgehead atoms. The average molecular weight is 450 g/mol. The number of nitrogens with two attached hydrogens (primary N) is 1. The van der Waals surface area contributed by atoms with Gasteiger partial charge in [0.15, 0.2) is 11.5 Å². The highest BCUT2D eigenvalue weighted by Gasteiger charge is 2.30. The van der Waals surface area contributed by atoms with Crippen molar-refractivity contribution >= 4 is 11.7 Å². The molecule has 0 aliphatic carbocycles. The van der Waals surface area contributed by atoms with Crippen LogP contribution in [0.5, 0.6) is 23.0 Å². The van der Waals surface area contributed by atoms with Gasteiger partial charge in [0.05, 0.1) is 20.4 Å². The maximum absolute atomic E-state index is 13.3. The van der Waals surface area contributed by atoms with Gasteiger partial charge in [-0.15, -0.1) is 10.2 Å². The van der Waals surface area contributed by atoms with Crippen LogP contribution in [0.25, 0.3) is 0 Å². The lowest BCUT2D eigenvalue weighted by Crippen LogP contribution is -2.39. The molecular weight excluding hydrogens is 422 g/mol. The summed E-state index contributed by atoms with van der Waals surface area (Å²) in [5.74, 6) is 2.58. The van der Waals surface area contributed by atoms with Gasteiger partial charge in [-0.05, 0) is 31.9 Å². The molecule has 1 saturated heterocycles. The highest BCUT2D eigenvalue weighted by Crippen LogP contribution is 2.36. The maximum atomic E-state index is 13.3. The number of ether oxygens (including phenoxy) is 3. The van der Waals surface area contributed by atoms with E-state index in [1.807, 2.05) is 37.3 Å². The van der Waals surface area contributed by atoms with Crippen LogP contribution in [0.15, 0.2) is 42.6 Å². The van der Waals surface area contributed by atoms with Crippen molar-refractivity contribution in [3.05, 3.63) is 59.5 Å². The summed E-state index contributed by atoms with van der Waals surface area (Å²) in [7, 11) is 3.15. The summed E-state index contributed by atoms with van der Waals surface area (Å²) in [5, 5.41) is 8.20. The molecule has 2 aromatic heterocycles. The van der Waals surface area contributed by atoms with Crippen LogP contribution in [0.3, 0.4) is 0 Å². The van der Waals surface area contributed by atoms with Crippen LogP contribution in [-0.2, 0) is 0 Å². The Morgan fingerprint density at radius 1 is 1.06 bits per heavy atom. The smallest absolute Gasteiger partial charge is 0.272 e. The lowest BCUT2D eigenvalue weighted by molar-refractivity contribution is 0.0704. The molecule has 172 valence electrons. The summed E-state index contributed by atoms with van der Waals surface area (Å²) >= 11 is 0. The number of rotatable bonds is 6. The zero-order chi connectivity index (χ0) is 23.4. The molecule has 1 aliphatic heterocycles. The summed E-state index contributed by atoms with van der Waals surface area (Å²) in [6.07, 6.45) is 3.02. The molecule has 0 spiro atoms. The molecule has 1 amide bonds. The molecule has 2 N–H and O–H groups in total. The fourth-order valence-corrected chi connectivity index (χ4v) is 4.08. The number of carbonyl (C=O) groups excluding carboxylic acids is 1. The number of nitrogens with zero attached hydrogens (tertiary/aromatic N) is 4. The number of pyridine rings is 1. The SMILES string of the molecule is COc1cc(N)nnc1C1CCN(C(=O)c2ncc(Oc3ccccc3)c(OC)c2C)CC1. The molecule has 1 aliphatic rings. The summed E-state index contributed by atoms with van der Waals surface area (Å²) in [6.45, 7) is 2.97. The van der Waals surface area contributed by atoms with Crippen molar-refractivity contribution < 1.29 is 19.0 Å². The lowest BCUT2D eigenvalue weighted by atomic mass is 9.92. The zero-order valence-corrected chi connectivity index (χ0v) is 18.9. The number of hydrogen-bond acceptors (Lipinski definition) is 8. The number of methoxy groups -OCH3 is 2. The minimum absolute atomic E-state index is 0.133. The zero-order valence-electron chi connectivity index (χ0n) is 18.9. The van der Waals surface area contributed by atoms with E-state index in [9.17, 15) is 4.79 Å². The minimum atomic E-state index is -0.133. The Morgan fingerprint density at radius 3 is 2.45 bits per heavy atom. The number of aromatic nitrogens is 3. The summed E-state index contributed by atoms with van der Waals surface area (Å²) < 4.78 is 16.9. The Morgan fingerprint density at radius 2 is 1.79 bits per heavy atom. The van der Waals surface area contributed by atoms with Gasteiger partial charge in [0.25, 0.3) is 5.91 Å². The quantitative estimate of drug-likeness (QED) is 0.607. The standard InChI is InChI=1S/C24H27N5O4/c1-15-21(26-14-19(23(15)32-3)33-17-7-5-4-6-8-17)24(30)29-11-9-16(10-12-29)22-18(31-2)13-20(25)27-28-22/h4-8,13-14,16H,9-12H2,1-3H3,(H2,25,27). The molecule has 0 atom stereocenters. The highest BCUT2D eigenvalue weighted by atomic mass is 16.5. The average Bonchev–Trinajstić information content (AvgIpc) is 2.84. The van der Waals surface area contributed by atoms with Gasteiger partial charge in [-0.1, -0.05) is 18.2 Å². The Bertz CT molecular complexity index is 1130. The summed E-state index contributed by atoms with van der Waals surface area (Å²) in [4.78, 5) is 19.5. The number of likely N-dealkylation sites (tertiary alicyclic amines) is 1. The highest BCUT2D eigenvalue weighted by molar-refractivity contribution is 5.94. The first-order valence-electron chi connectivity index (χ1n) is 10.7. The predicted molar refractivity (Wildman–Crippen MR) is 123 cm³/mol. The molecule has 0 unspecified atom stereocenters. The molecule has 1 aromatic carbocycles. The first-order chi connectivity index (χ1) is 16.0. The van der Waals surface area contributed by atoms with Crippen molar-refractivity contribution in [3.8, 4) is 23.0 Å². The Kier molecular flexibility index (Phi) is 6.58. The van der Waals surface area contributed by atoms with Gasteiger partial charge in [0.1, 0.15) is 28.7 Å². The lowest BCUT2D eigenvalue weighted by Gasteiger charge is -2.32. The number of nitrogen functional groups attached to an aromatic ring is 1. The van der Waals surface area contributed by atoms with E-state index >= 15 is 0 Å². The van der Waals surface area contributed by atoms with E-state index in [4.69, 9.17) is 19.9 Å².